The Labute approximate surface area is 175 Å². The Morgan fingerprint density at radius 2 is 1.96 bits per heavy atom. The zero-order valence-electron chi connectivity index (χ0n) is 16.2. The smallest absolute Gasteiger partial charge is 0.191 e. The molecule has 146 valence electrons. The molecule has 2 N–H and O–H groups in total. The predicted octanol–water partition coefficient (Wildman–Crippen LogP) is 2.78. The number of aliphatic imine (C=N–C) groups is 1. The molecular weight excluding hydrogens is 437 g/mol. The molecule has 2 heterocycles. The summed E-state index contributed by atoms with van der Waals surface area (Å²) in [6.45, 7) is 9.04. The minimum absolute atomic E-state index is 0. The summed E-state index contributed by atoms with van der Waals surface area (Å²) in [7, 11) is 1.86. The van der Waals surface area contributed by atoms with Gasteiger partial charge in [-0.25, -0.2) is 0 Å². The molecule has 1 aromatic rings. The molecule has 2 saturated heterocycles. The standard InChI is InChI=1S/C20H33N5.HI/c1-17-7-6-12-24(15-17)14-11-22-20(21-2)23-18-10-13-25(16-18)19-8-4-3-5-9-19;/h3-5,8-9,17-18H,6-7,10-16H2,1-2H3,(H2,21,22,23);1H. The van der Waals surface area contributed by atoms with Crippen molar-refractivity contribution in [2.45, 2.75) is 32.2 Å². The van der Waals surface area contributed by atoms with Gasteiger partial charge in [0.2, 0.25) is 0 Å². The monoisotopic (exact) mass is 471 g/mol. The van der Waals surface area contributed by atoms with Gasteiger partial charge in [0.05, 0.1) is 0 Å². The predicted molar refractivity (Wildman–Crippen MR) is 122 cm³/mol. The van der Waals surface area contributed by atoms with E-state index >= 15 is 0 Å². The van der Waals surface area contributed by atoms with Gasteiger partial charge in [-0.15, -0.1) is 24.0 Å². The van der Waals surface area contributed by atoms with Gasteiger partial charge in [0, 0.05) is 51.5 Å². The number of hydrogen-bond acceptors (Lipinski definition) is 3. The first-order valence-electron chi connectivity index (χ1n) is 9.74. The molecule has 1 aromatic carbocycles. The van der Waals surface area contributed by atoms with E-state index in [4.69, 9.17) is 0 Å². The molecule has 0 amide bonds. The number of rotatable bonds is 5. The van der Waals surface area contributed by atoms with Crippen LogP contribution in [0.3, 0.4) is 0 Å². The Morgan fingerprint density at radius 1 is 1.15 bits per heavy atom. The minimum atomic E-state index is 0. The van der Waals surface area contributed by atoms with Crippen LogP contribution in [-0.2, 0) is 0 Å². The lowest BCUT2D eigenvalue weighted by Crippen LogP contribution is -2.47. The van der Waals surface area contributed by atoms with Gasteiger partial charge in [-0.05, 0) is 43.9 Å². The first-order valence-corrected chi connectivity index (χ1v) is 9.74. The van der Waals surface area contributed by atoms with Crippen molar-refractivity contribution in [1.82, 2.24) is 15.5 Å². The summed E-state index contributed by atoms with van der Waals surface area (Å²) in [5, 5.41) is 7.08. The highest BCUT2D eigenvalue weighted by Crippen LogP contribution is 2.19. The van der Waals surface area contributed by atoms with E-state index in [1.807, 2.05) is 7.05 Å². The van der Waals surface area contributed by atoms with Crippen molar-refractivity contribution in [3.8, 4) is 0 Å². The van der Waals surface area contributed by atoms with Gasteiger partial charge in [-0.1, -0.05) is 25.1 Å². The minimum Gasteiger partial charge on any atom is -0.369 e. The van der Waals surface area contributed by atoms with Crippen LogP contribution in [0.2, 0.25) is 0 Å². The largest absolute Gasteiger partial charge is 0.369 e. The average Bonchev–Trinajstić information content (AvgIpc) is 3.10. The third kappa shape index (κ3) is 6.30. The van der Waals surface area contributed by atoms with Crippen LogP contribution in [0, 0.1) is 5.92 Å². The second-order valence-electron chi connectivity index (χ2n) is 7.46. The maximum absolute atomic E-state index is 4.40. The number of benzene rings is 1. The maximum atomic E-state index is 4.40. The van der Waals surface area contributed by atoms with Crippen molar-refractivity contribution >= 4 is 35.6 Å². The van der Waals surface area contributed by atoms with Gasteiger partial charge in [-0.3, -0.25) is 4.99 Å². The zero-order valence-corrected chi connectivity index (χ0v) is 18.5. The van der Waals surface area contributed by atoms with E-state index in [0.717, 1.165) is 44.5 Å². The van der Waals surface area contributed by atoms with Gasteiger partial charge in [0.15, 0.2) is 5.96 Å². The molecule has 6 heteroatoms. The van der Waals surface area contributed by atoms with Crippen molar-refractivity contribution in [3.63, 3.8) is 0 Å². The van der Waals surface area contributed by atoms with Crippen LogP contribution in [0.1, 0.15) is 26.2 Å². The maximum Gasteiger partial charge on any atom is 0.191 e. The molecular formula is C20H34IN5. The van der Waals surface area contributed by atoms with E-state index in [-0.39, 0.29) is 24.0 Å². The number of hydrogen-bond donors (Lipinski definition) is 2. The Balaban J connectivity index is 0.00000243. The van der Waals surface area contributed by atoms with Crippen molar-refractivity contribution in [3.05, 3.63) is 30.3 Å². The Morgan fingerprint density at radius 3 is 2.69 bits per heavy atom. The molecule has 2 atom stereocenters. The fourth-order valence-electron chi connectivity index (χ4n) is 3.96. The third-order valence-corrected chi connectivity index (χ3v) is 5.34. The number of anilines is 1. The van der Waals surface area contributed by atoms with Crippen LogP contribution in [0.25, 0.3) is 0 Å². The van der Waals surface area contributed by atoms with Crippen molar-refractivity contribution in [2.24, 2.45) is 10.9 Å². The van der Waals surface area contributed by atoms with Crippen LogP contribution in [-0.4, -0.2) is 63.2 Å². The SMILES string of the molecule is CN=C(NCCN1CCCC(C)C1)NC1CCN(c2ccccc2)C1.I. The summed E-state index contributed by atoms with van der Waals surface area (Å²) >= 11 is 0. The molecule has 2 aliphatic heterocycles. The molecule has 0 radical (unpaired) electrons. The van der Waals surface area contributed by atoms with Crippen LogP contribution in [0.15, 0.2) is 35.3 Å². The lowest BCUT2D eigenvalue weighted by Gasteiger charge is -2.31. The van der Waals surface area contributed by atoms with Gasteiger partial charge < -0.3 is 20.4 Å². The van der Waals surface area contributed by atoms with Crippen LogP contribution in [0.4, 0.5) is 5.69 Å². The Bertz CT molecular complexity index is 550. The van der Waals surface area contributed by atoms with E-state index in [1.165, 1.54) is 31.6 Å². The van der Waals surface area contributed by atoms with Crippen LogP contribution < -0.4 is 15.5 Å². The normalized spacial score (nSPS) is 24.2. The summed E-state index contributed by atoms with van der Waals surface area (Å²) in [5.74, 6) is 1.78. The molecule has 0 bridgehead atoms. The lowest BCUT2D eigenvalue weighted by atomic mass is 10.0. The van der Waals surface area contributed by atoms with E-state index in [9.17, 15) is 0 Å². The first-order chi connectivity index (χ1) is 12.2. The summed E-state index contributed by atoms with van der Waals surface area (Å²) in [6, 6.07) is 11.1. The fourth-order valence-corrected chi connectivity index (χ4v) is 3.96. The van der Waals surface area contributed by atoms with E-state index < -0.39 is 0 Å². The van der Waals surface area contributed by atoms with Crippen LogP contribution in [0.5, 0.6) is 0 Å². The van der Waals surface area contributed by atoms with Gasteiger partial charge in [-0.2, -0.15) is 0 Å². The molecule has 2 unspecified atom stereocenters. The number of nitrogens with one attached hydrogen (secondary N) is 2. The lowest BCUT2D eigenvalue weighted by molar-refractivity contribution is 0.187. The molecule has 0 aliphatic carbocycles. The molecule has 2 aliphatic rings. The highest BCUT2D eigenvalue weighted by Gasteiger charge is 2.23. The van der Waals surface area contributed by atoms with Gasteiger partial charge >= 0.3 is 0 Å². The Hall–Kier alpha value is -1.02. The third-order valence-electron chi connectivity index (χ3n) is 5.34. The molecule has 5 nitrogen and oxygen atoms in total. The molecule has 26 heavy (non-hydrogen) atoms. The van der Waals surface area contributed by atoms with Crippen LogP contribution >= 0.6 is 24.0 Å². The second kappa shape index (κ2) is 11.0. The van der Waals surface area contributed by atoms with Crippen molar-refractivity contribution < 1.29 is 0 Å². The number of nitrogens with zero attached hydrogens (tertiary/aromatic N) is 3. The zero-order chi connectivity index (χ0) is 17.5. The number of para-hydroxylation sites is 1. The fraction of sp³-hybridized carbons (Fsp3) is 0.650. The molecule has 2 fully saturated rings. The summed E-state index contributed by atoms with van der Waals surface area (Å²) in [4.78, 5) is 9.42. The van der Waals surface area contributed by atoms with Crippen molar-refractivity contribution in [2.75, 3.05) is 51.2 Å². The summed E-state index contributed by atoms with van der Waals surface area (Å²) in [6.07, 6.45) is 3.87. The Kier molecular flexibility index (Phi) is 8.98. The summed E-state index contributed by atoms with van der Waals surface area (Å²) in [5.41, 5.74) is 1.31. The quantitative estimate of drug-likeness (QED) is 0.394. The molecule has 0 spiro atoms. The molecule has 3 rings (SSSR count). The number of likely N-dealkylation sites (tertiary alicyclic amines) is 1. The topological polar surface area (TPSA) is 42.9 Å². The second-order valence-corrected chi connectivity index (χ2v) is 7.46. The highest BCUT2D eigenvalue weighted by atomic mass is 127. The number of piperidine rings is 1. The highest BCUT2D eigenvalue weighted by molar-refractivity contribution is 14.0. The van der Waals surface area contributed by atoms with Gasteiger partial charge in [0.1, 0.15) is 0 Å². The van der Waals surface area contributed by atoms with Crippen molar-refractivity contribution in [1.29, 1.82) is 0 Å². The van der Waals surface area contributed by atoms with Gasteiger partial charge in [0.25, 0.3) is 0 Å². The van der Waals surface area contributed by atoms with E-state index in [0.29, 0.717) is 6.04 Å². The molecule has 0 aromatic heterocycles. The number of halogens is 1. The summed E-state index contributed by atoms with van der Waals surface area (Å²) < 4.78 is 0. The first kappa shape index (κ1) is 21.3. The number of guanidine groups is 1. The average molecular weight is 471 g/mol. The van der Waals surface area contributed by atoms with E-state index in [1.54, 1.807) is 0 Å². The van der Waals surface area contributed by atoms with E-state index in [2.05, 4.69) is 62.7 Å². The molecule has 0 saturated carbocycles.